The predicted molar refractivity (Wildman–Crippen MR) is 168 cm³/mol. The number of likely N-dealkylation sites (N-methyl/N-ethyl adjacent to an activating group) is 2. The van der Waals surface area contributed by atoms with Gasteiger partial charge in [0.1, 0.15) is 6.29 Å². The number of anilines is 1. The van der Waals surface area contributed by atoms with Gasteiger partial charge in [0.05, 0.1) is 23.1 Å². The van der Waals surface area contributed by atoms with E-state index in [0.717, 1.165) is 61.0 Å². The summed E-state index contributed by atoms with van der Waals surface area (Å²) in [5, 5.41) is 4.33. The fourth-order valence-electron chi connectivity index (χ4n) is 5.65. The number of rotatable bonds is 15. The summed E-state index contributed by atoms with van der Waals surface area (Å²) in [5.41, 5.74) is 11.8. The van der Waals surface area contributed by atoms with Gasteiger partial charge in [0.2, 0.25) is 5.91 Å². The van der Waals surface area contributed by atoms with E-state index in [9.17, 15) is 9.59 Å². The highest BCUT2D eigenvalue weighted by Crippen LogP contribution is 2.30. The molecule has 41 heavy (non-hydrogen) atoms. The van der Waals surface area contributed by atoms with E-state index in [1.807, 2.05) is 48.4 Å². The standard InChI is InChI=1S/C33H46N6O2/c1-5-27-18-16-26(22-28(27)24-37(4)31(15-11-21-40)33(41)36-3)17-19-29-12-9-10-20-38(29)25(2)32(23-34)39(35)30-13-7-6-8-14-30/h5-8,13-14,16,18,21-23,29,31H,1-2,9-12,15,17,19-20,24,34-35H2,3-4H3,(H,36,41)/b32-23-. The van der Waals surface area contributed by atoms with E-state index in [-0.39, 0.29) is 11.9 Å². The summed E-state index contributed by atoms with van der Waals surface area (Å²) in [4.78, 5) is 27.8. The van der Waals surface area contributed by atoms with Crippen molar-refractivity contribution in [3.8, 4) is 0 Å². The summed E-state index contributed by atoms with van der Waals surface area (Å²) in [7, 11) is 3.55. The molecule has 1 amide bonds. The molecule has 0 spiro atoms. The van der Waals surface area contributed by atoms with E-state index in [4.69, 9.17) is 11.6 Å². The molecule has 0 saturated carbocycles. The van der Waals surface area contributed by atoms with Crippen molar-refractivity contribution in [2.45, 2.75) is 63.6 Å². The lowest BCUT2D eigenvalue weighted by molar-refractivity contribution is -0.126. The molecule has 8 nitrogen and oxygen atoms in total. The van der Waals surface area contributed by atoms with Crippen LogP contribution in [-0.2, 0) is 22.6 Å². The summed E-state index contributed by atoms with van der Waals surface area (Å²) >= 11 is 0. The van der Waals surface area contributed by atoms with Crippen molar-refractivity contribution in [1.29, 1.82) is 0 Å². The molecular weight excluding hydrogens is 512 g/mol. The first-order valence-corrected chi connectivity index (χ1v) is 14.4. The van der Waals surface area contributed by atoms with Crippen LogP contribution in [0.4, 0.5) is 5.69 Å². The van der Waals surface area contributed by atoms with Crippen molar-refractivity contribution in [2.75, 3.05) is 25.6 Å². The molecule has 0 bridgehead atoms. The number of aldehydes is 1. The maximum atomic E-state index is 12.5. The van der Waals surface area contributed by atoms with Gasteiger partial charge in [-0.1, -0.05) is 55.6 Å². The van der Waals surface area contributed by atoms with Crippen LogP contribution in [0.1, 0.15) is 55.2 Å². The van der Waals surface area contributed by atoms with Crippen molar-refractivity contribution in [2.24, 2.45) is 11.6 Å². The van der Waals surface area contributed by atoms with E-state index in [2.05, 4.69) is 41.6 Å². The van der Waals surface area contributed by atoms with Gasteiger partial charge in [-0.3, -0.25) is 14.7 Å². The predicted octanol–water partition coefficient (Wildman–Crippen LogP) is 4.34. The average Bonchev–Trinajstić information content (AvgIpc) is 3.00. The van der Waals surface area contributed by atoms with E-state index in [1.165, 1.54) is 12.0 Å². The van der Waals surface area contributed by atoms with Crippen LogP contribution in [0.5, 0.6) is 0 Å². The third kappa shape index (κ3) is 8.31. The first-order valence-electron chi connectivity index (χ1n) is 14.4. The summed E-state index contributed by atoms with van der Waals surface area (Å²) < 4.78 is 0. The topological polar surface area (TPSA) is 108 Å². The maximum Gasteiger partial charge on any atom is 0.237 e. The Morgan fingerprint density at radius 3 is 2.63 bits per heavy atom. The molecular formula is C33H46N6O2. The van der Waals surface area contributed by atoms with Crippen LogP contribution in [0.15, 0.2) is 79.3 Å². The fourth-order valence-corrected chi connectivity index (χ4v) is 5.65. The zero-order valence-corrected chi connectivity index (χ0v) is 24.6. The molecule has 1 saturated heterocycles. The lowest BCUT2D eigenvalue weighted by Crippen LogP contribution is -2.43. The molecule has 8 heteroatoms. The fraction of sp³-hybridized carbons (Fsp3) is 0.394. The quantitative estimate of drug-likeness (QED) is 0.129. The van der Waals surface area contributed by atoms with Crippen molar-refractivity contribution >= 4 is 24.0 Å². The second-order valence-electron chi connectivity index (χ2n) is 10.6. The first-order chi connectivity index (χ1) is 19.8. The van der Waals surface area contributed by atoms with Gasteiger partial charge in [0.15, 0.2) is 0 Å². The Morgan fingerprint density at radius 1 is 1.22 bits per heavy atom. The zero-order valence-electron chi connectivity index (χ0n) is 24.6. The molecule has 0 radical (unpaired) electrons. The molecule has 5 N–H and O–H groups in total. The SMILES string of the molecule is C=Cc1ccc(CCC2CCCCN2C(=C)/C(=C/N)N(N)c2ccccc2)cc1CN(C)C(CCC=O)C(=O)NC. The maximum absolute atomic E-state index is 12.5. The van der Waals surface area contributed by atoms with Gasteiger partial charge in [-0.2, -0.15) is 0 Å². The number of piperidine rings is 1. The molecule has 0 aromatic heterocycles. The number of nitrogens with one attached hydrogen (secondary N) is 1. The minimum absolute atomic E-state index is 0.0857. The number of likely N-dealkylation sites (tertiary alicyclic amines) is 1. The van der Waals surface area contributed by atoms with Crippen LogP contribution < -0.4 is 21.9 Å². The molecule has 1 heterocycles. The highest BCUT2D eigenvalue weighted by molar-refractivity contribution is 5.81. The number of aryl methyl sites for hydroxylation is 1. The molecule has 1 aliphatic rings. The number of nitrogens with two attached hydrogens (primary N) is 2. The average molecular weight is 559 g/mol. The summed E-state index contributed by atoms with van der Waals surface area (Å²) in [6.45, 7) is 9.90. The number of amides is 1. The summed E-state index contributed by atoms with van der Waals surface area (Å²) in [6, 6.07) is 16.2. The molecule has 2 atom stereocenters. The van der Waals surface area contributed by atoms with Gasteiger partial charge >= 0.3 is 0 Å². The van der Waals surface area contributed by atoms with Crippen LogP contribution in [0, 0.1) is 0 Å². The second-order valence-corrected chi connectivity index (χ2v) is 10.6. The van der Waals surface area contributed by atoms with Crippen molar-refractivity contribution in [3.05, 3.63) is 96.0 Å². The van der Waals surface area contributed by atoms with E-state index in [0.29, 0.717) is 31.1 Å². The van der Waals surface area contributed by atoms with Crippen LogP contribution in [0.25, 0.3) is 6.08 Å². The highest BCUT2D eigenvalue weighted by atomic mass is 16.2. The number of nitrogens with zero attached hydrogens (tertiary/aromatic N) is 3. The third-order valence-electron chi connectivity index (χ3n) is 7.97. The normalized spacial score (nSPS) is 16.2. The number of carbonyl (C=O) groups is 2. The van der Waals surface area contributed by atoms with Gasteiger partial charge in [0, 0.05) is 38.8 Å². The van der Waals surface area contributed by atoms with E-state index < -0.39 is 0 Å². The Morgan fingerprint density at radius 2 is 1.98 bits per heavy atom. The molecule has 3 rings (SSSR count). The Bertz CT molecular complexity index is 1210. The highest BCUT2D eigenvalue weighted by Gasteiger charge is 2.27. The number of benzene rings is 2. The van der Waals surface area contributed by atoms with E-state index in [1.54, 1.807) is 18.3 Å². The minimum atomic E-state index is -0.379. The van der Waals surface area contributed by atoms with Gasteiger partial charge in [-0.15, -0.1) is 0 Å². The van der Waals surface area contributed by atoms with Crippen LogP contribution in [-0.4, -0.2) is 54.7 Å². The van der Waals surface area contributed by atoms with Gasteiger partial charge in [-0.05, 0) is 74.4 Å². The van der Waals surface area contributed by atoms with Gasteiger partial charge < -0.3 is 20.7 Å². The zero-order chi connectivity index (χ0) is 29.8. The molecule has 1 fully saturated rings. The van der Waals surface area contributed by atoms with Gasteiger partial charge in [-0.25, -0.2) is 5.84 Å². The molecule has 1 aliphatic heterocycles. The van der Waals surface area contributed by atoms with Crippen LogP contribution in [0.2, 0.25) is 0 Å². The molecule has 220 valence electrons. The monoisotopic (exact) mass is 558 g/mol. The number of carbonyl (C=O) groups excluding carboxylic acids is 2. The van der Waals surface area contributed by atoms with Gasteiger partial charge in [0.25, 0.3) is 0 Å². The molecule has 2 unspecified atom stereocenters. The number of hydrazine groups is 1. The summed E-state index contributed by atoms with van der Waals surface area (Å²) in [5.74, 6) is 6.38. The third-order valence-corrected chi connectivity index (χ3v) is 7.97. The lowest BCUT2D eigenvalue weighted by atomic mass is 9.93. The van der Waals surface area contributed by atoms with Crippen molar-refractivity contribution in [3.63, 3.8) is 0 Å². The Labute approximate surface area is 245 Å². The molecule has 2 aromatic rings. The Hall–Kier alpha value is -3.88. The molecule has 2 aromatic carbocycles. The summed E-state index contributed by atoms with van der Waals surface area (Å²) in [6.07, 6.45) is 10.3. The molecule has 0 aliphatic carbocycles. The Balaban J connectivity index is 1.73. The smallest absolute Gasteiger partial charge is 0.237 e. The van der Waals surface area contributed by atoms with Crippen molar-refractivity contribution < 1.29 is 9.59 Å². The number of para-hydroxylation sites is 1. The number of hydrogen-bond donors (Lipinski definition) is 3. The first kappa shape index (κ1) is 31.6. The van der Waals surface area contributed by atoms with Crippen LogP contribution in [0.3, 0.4) is 0 Å². The number of hydrogen-bond acceptors (Lipinski definition) is 7. The second kappa shape index (κ2) is 15.8. The largest absolute Gasteiger partial charge is 0.403 e. The van der Waals surface area contributed by atoms with E-state index >= 15 is 0 Å². The van der Waals surface area contributed by atoms with Crippen molar-refractivity contribution in [1.82, 2.24) is 15.1 Å². The Kier molecular flexibility index (Phi) is 12.2. The lowest BCUT2D eigenvalue weighted by Gasteiger charge is -2.40. The minimum Gasteiger partial charge on any atom is -0.403 e. The van der Waals surface area contributed by atoms with Crippen LogP contribution >= 0.6 is 0 Å².